The van der Waals surface area contributed by atoms with Gasteiger partial charge in [0.2, 0.25) is 0 Å². The summed E-state index contributed by atoms with van der Waals surface area (Å²) >= 11 is 0. The van der Waals surface area contributed by atoms with Crippen molar-refractivity contribution in [2.75, 3.05) is 6.54 Å². The van der Waals surface area contributed by atoms with Gasteiger partial charge in [-0.1, -0.05) is 6.07 Å². The van der Waals surface area contributed by atoms with Crippen LogP contribution in [0.15, 0.2) is 24.3 Å². The molecule has 72 valence electrons. The van der Waals surface area contributed by atoms with Gasteiger partial charge in [0.25, 0.3) is 0 Å². The van der Waals surface area contributed by atoms with Crippen molar-refractivity contribution in [1.82, 2.24) is 0 Å². The maximum absolute atomic E-state index is 12.7. The Bertz CT molecular complexity index is 286. The first-order valence-corrected chi connectivity index (χ1v) is 4.18. The number of benzene rings is 1. The second kappa shape index (κ2) is 3.75. The van der Waals surface area contributed by atoms with Crippen LogP contribution in [-0.4, -0.2) is 12.1 Å². The summed E-state index contributed by atoms with van der Waals surface area (Å²) in [6.07, 6.45) is 0. The van der Waals surface area contributed by atoms with Crippen LogP contribution in [-0.2, 0) is 0 Å². The summed E-state index contributed by atoms with van der Waals surface area (Å²) in [7, 11) is 0. The van der Waals surface area contributed by atoms with Crippen LogP contribution in [0, 0.1) is 5.82 Å². The molecule has 0 aromatic heterocycles. The number of nitrogens with two attached hydrogens (primary N) is 1. The highest BCUT2D eigenvalue weighted by Gasteiger charge is 2.17. The van der Waals surface area contributed by atoms with Crippen molar-refractivity contribution in [3.8, 4) is 5.75 Å². The summed E-state index contributed by atoms with van der Waals surface area (Å²) in [5, 5.41) is 0. The average molecular weight is 183 g/mol. The van der Waals surface area contributed by atoms with E-state index >= 15 is 0 Å². The molecule has 0 saturated heterocycles. The van der Waals surface area contributed by atoms with Crippen molar-refractivity contribution in [3.05, 3.63) is 30.1 Å². The van der Waals surface area contributed by atoms with E-state index < -0.39 is 5.60 Å². The molecule has 1 rings (SSSR count). The third-order valence-electron chi connectivity index (χ3n) is 1.68. The Balaban J connectivity index is 2.74. The van der Waals surface area contributed by atoms with Gasteiger partial charge in [0.15, 0.2) is 0 Å². The van der Waals surface area contributed by atoms with Crippen molar-refractivity contribution >= 4 is 0 Å². The third-order valence-corrected chi connectivity index (χ3v) is 1.68. The molecule has 1 aromatic carbocycles. The van der Waals surface area contributed by atoms with Gasteiger partial charge in [0.05, 0.1) is 0 Å². The molecule has 0 amide bonds. The fourth-order valence-corrected chi connectivity index (χ4v) is 0.891. The van der Waals surface area contributed by atoms with Crippen LogP contribution < -0.4 is 10.5 Å². The first kappa shape index (κ1) is 9.99. The van der Waals surface area contributed by atoms with Gasteiger partial charge < -0.3 is 10.5 Å². The molecule has 0 heterocycles. The Morgan fingerprint density at radius 1 is 1.46 bits per heavy atom. The highest BCUT2D eigenvalue weighted by atomic mass is 19.1. The van der Waals surface area contributed by atoms with E-state index in [1.165, 1.54) is 12.1 Å². The maximum atomic E-state index is 12.7. The van der Waals surface area contributed by atoms with Crippen LogP contribution in [0.1, 0.15) is 13.8 Å². The van der Waals surface area contributed by atoms with E-state index in [1.807, 2.05) is 13.8 Å². The first-order valence-electron chi connectivity index (χ1n) is 4.18. The van der Waals surface area contributed by atoms with Gasteiger partial charge in [0.1, 0.15) is 17.2 Å². The summed E-state index contributed by atoms with van der Waals surface area (Å²) in [4.78, 5) is 0. The summed E-state index contributed by atoms with van der Waals surface area (Å²) in [6, 6.07) is 6.04. The summed E-state index contributed by atoms with van der Waals surface area (Å²) in [5.41, 5.74) is 5.02. The lowest BCUT2D eigenvalue weighted by Gasteiger charge is -2.24. The molecule has 0 aliphatic carbocycles. The first-order chi connectivity index (χ1) is 6.03. The van der Waals surface area contributed by atoms with Gasteiger partial charge >= 0.3 is 0 Å². The standard InChI is InChI=1S/C10H14FNO/c1-10(2,7-12)13-9-5-3-4-8(11)6-9/h3-6H,7,12H2,1-2H3. The zero-order valence-corrected chi connectivity index (χ0v) is 7.88. The number of ether oxygens (including phenoxy) is 1. The fraction of sp³-hybridized carbons (Fsp3) is 0.400. The predicted octanol–water partition coefficient (Wildman–Crippen LogP) is 1.94. The molecular formula is C10H14FNO. The Morgan fingerprint density at radius 2 is 2.15 bits per heavy atom. The number of hydrogen-bond donors (Lipinski definition) is 1. The average Bonchev–Trinajstić information content (AvgIpc) is 2.03. The topological polar surface area (TPSA) is 35.2 Å². The molecule has 0 atom stereocenters. The lowest BCUT2D eigenvalue weighted by atomic mass is 10.1. The molecule has 0 radical (unpaired) electrons. The molecule has 0 fully saturated rings. The molecule has 1 aromatic rings. The minimum atomic E-state index is -0.451. The van der Waals surface area contributed by atoms with Gasteiger partial charge in [-0.3, -0.25) is 0 Å². The quantitative estimate of drug-likeness (QED) is 0.777. The largest absolute Gasteiger partial charge is 0.486 e. The Hall–Kier alpha value is -1.09. The van der Waals surface area contributed by atoms with Gasteiger partial charge in [-0.2, -0.15) is 0 Å². The van der Waals surface area contributed by atoms with Crippen LogP contribution in [0.4, 0.5) is 4.39 Å². The van der Waals surface area contributed by atoms with Crippen molar-refractivity contribution in [3.63, 3.8) is 0 Å². The molecule has 3 heteroatoms. The second-order valence-corrected chi connectivity index (χ2v) is 3.52. The molecule has 0 spiro atoms. The van der Waals surface area contributed by atoms with Crippen LogP contribution >= 0.6 is 0 Å². The van der Waals surface area contributed by atoms with E-state index in [0.29, 0.717) is 12.3 Å². The third kappa shape index (κ3) is 3.03. The molecule has 0 saturated carbocycles. The van der Waals surface area contributed by atoms with Crippen molar-refractivity contribution < 1.29 is 9.13 Å². The van der Waals surface area contributed by atoms with Gasteiger partial charge in [-0.05, 0) is 26.0 Å². The monoisotopic (exact) mass is 183 g/mol. The Morgan fingerprint density at radius 3 is 2.69 bits per heavy atom. The van der Waals surface area contributed by atoms with Crippen molar-refractivity contribution in [1.29, 1.82) is 0 Å². The van der Waals surface area contributed by atoms with Crippen molar-refractivity contribution in [2.45, 2.75) is 19.4 Å². The van der Waals surface area contributed by atoms with E-state index in [9.17, 15) is 4.39 Å². The van der Waals surface area contributed by atoms with Gasteiger partial charge in [-0.25, -0.2) is 4.39 Å². The highest BCUT2D eigenvalue weighted by Crippen LogP contribution is 2.18. The predicted molar refractivity (Wildman–Crippen MR) is 50.2 cm³/mol. The van der Waals surface area contributed by atoms with E-state index in [0.717, 1.165) is 0 Å². The number of halogens is 1. The Kier molecular flexibility index (Phi) is 2.88. The highest BCUT2D eigenvalue weighted by molar-refractivity contribution is 5.23. The molecule has 2 nitrogen and oxygen atoms in total. The second-order valence-electron chi connectivity index (χ2n) is 3.52. The van der Waals surface area contributed by atoms with Gasteiger partial charge in [0, 0.05) is 12.6 Å². The summed E-state index contributed by atoms with van der Waals surface area (Å²) in [5.74, 6) is 0.209. The van der Waals surface area contributed by atoms with E-state index in [-0.39, 0.29) is 5.82 Å². The fourth-order valence-electron chi connectivity index (χ4n) is 0.891. The zero-order chi connectivity index (χ0) is 9.90. The molecule has 0 aliphatic rings. The van der Waals surface area contributed by atoms with E-state index in [2.05, 4.69) is 0 Å². The SMILES string of the molecule is CC(C)(CN)Oc1cccc(F)c1. The van der Waals surface area contributed by atoms with Crippen LogP contribution in [0.25, 0.3) is 0 Å². The normalized spacial score (nSPS) is 11.4. The smallest absolute Gasteiger partial charge is 0.126 e. The maximum Gasteiger partial charge on any atom is 0.126 e. The number of hydrogen-bond acceptors (Lipinski definition) is 2. The summed E-state index contributed by atoms with van der Waals surface area (Å²) < 4.78 is 18.2. The molecule has 0 bridgehead atoms. The van der Waals surface area contributed by atoms with Crippen molar-refractivity contribution in [2.24, 2.45) is 5.73 Å². The minimum absolute atomic E-state index is 0.301. The Labute approximate surface area is 77.5 Å². The summed E-state index contributed by atoms with van der Waals surface area (Å²) in [6.45, 7) is 4.11. The lowest BCUT2D eigenvalue weighted by Crippen LogP contribution is -2.37. The molecule has 2 N–H and O–H groups in total. The lowest BCUT2D eigenvalue weighted by molar-refractivity contribution is 0.118. The van der Waals surface area contributed by atoms with Crippen LogP contribution in [0.5, 0.6) is 5.75 Å². The van der Waals surface area contributed by atoms with Crippen LogP contribution in [0.2, 0.25) is 0 Å². The molecule has 13 heavy (non-hydrogen) atoms. The van der Waals surface area contributed by atoms with E-state index in [1.54, 1.807) is 12.1 Å². The molecular weight excluding hydrogens is 169 g/mol. The zero-order valence-electron chi connectivity index (χ0n) is 7.88. The van der Waals surface area contributed by atoms with Gasteiger partial charge in [-0.15, -0.1) is 0 Å². The van der Waals surface area contributed by atoms with E-state index in [4.69, 9.17) is 10.5 Å². The minimum Gasteiger partial charge on any atom is -0.486 e. The molecule has 0 unspecified atom stereocenters. The molecule has 0 aliphatic heterocycles. The van der Waals surface area contributed by atoms with Crippen LogP contribution in [0.3, 0.4) is 0 Å². The number of rotatable bonds is 3.